The van der Waals surface area contributed by atoms with E-state index in [1.54, 1.807) is 6.92 Å². The van der Waals surface area contributed by atoms with Gasteiger partial charge < -0.3 is 5.32 Å². The molecular weight excluding hydrogens is 158 g/mol. The Hall–Kier alpha value is -0.620. The standard InChI is InChI=1S/C8H13NOS/c1-4-5-8(2,3)9-7(10)6-11/h11H,6H2,1-3H3,(H,9,10). The lowest BCUT2D eigenvalue weighted by Crippen LogP contribution is -2.42. The first-order valence-corrected chi connectivity index (χ1v) is 4.01. The molecule has 0 aromatic heterocycles. The Bertz CT molecular complexity index is 200. The average molecular weight is 171 g/mol. The molecule has 0 fully saturated rings. The number of nitrogens with one attached hydrogen (secondary N) is 1. The topological polar surface area (TPSA) is 29.1 Å². The Balaban J connectivity index is 4.08. The molecule has 0 spiro atoms. The molecule has 0 rings (SSSR count). The molecule has 0 bridgehead atoms. The van der Waals surface area contributed by atoms with Crippen LogP contribution in [0.3, 0.4) is 0 Å². The first kappa shape index (κ1) is 10.4. The average Bonchev–Trinajstić information content (AvgIpc) is 1.86. The van der Waals surface area contributed by atoms with E-state index < -0.39 is 5.54 Å². The van der Waals surface area contributed by atoms with Crippen LogP contribution in [0.25, 0.3) is 0 Å². The van der Waals surface area contributed by atoms with Gasteiger partial charge in [0, 0.05) is 0 Å². The van der Waals surface area contributed by atoms with Gasteiger partial charge in [0.05, 0.1) is 11.3 Å². The fourth-order valence-corrected chi connectivity index (χ4v) is 0.811. The second-order valence-electron chi connectivity index (χ2n) is 2.71. The molecule has 0 aromatic carbocycles. The molecule has 0 aliphatic rings. The van der Waals surface area contributed by atoms with Crippen molar-refractivity contribution in [3.63, 3.8) is 0 Å². The molecule has 0 heterocycles. The van der Waals surface area contributed by atoms with E-state index in [9.17, 15) is 4.79 Å². The fraction of sp³-hybridized carbons (Fsp3) is 0.625. The van der Waals surface area contributed by atoms with Crippen molar-refractivity contribution in [3.8, 4) is 11.8 Å². The first-order valence-electron chi connectivity index (χ1n) is 3.37. The summed E-state index contributed by atoms with van der Waals surface area (Å²) in [5.41, 5.74) is -0.436. The van der Waals surface area contributed by atoms with Crippen molar-refractivity contribution >= 4 is 18.5 Å². The highest BCUT2D eigenvalue weighted by atomic mass is 32.1. The molecule has 0 aromatic rings. The number of carbonyl (C=O) groups excluding carboxylic acids is 1. The zero-order valence-corrected chi connectivity index (χ0v) is 7.96. The molecule has 0 radical (unpaired) electrons. The van der Waals surface area contributed by atoms with Crippen LogP contribution in [-0.2, 0) is 4.79 Å². The molecule has 0 atom stereocenters. The van der Waals surface area contributed by atoms with Crippen molar-refractivity contribution < 1.29 is 4.79 Å². The molecule has 3 heteroatoms. The fourth-order valence-electron chi connectivity index (χ4n) is 0.732. The van der Waals surface area contributed by atoms with Gasteiger partial charge in [-0.15, -0.1) is 5.92 Å². The Morgan fingerprint density at radius 2 is 2.18 bits per heavy atom. The summed E-state index contributed by atoms with van der Waals surface area (Å²) in [7, 11) is 0. The van der Waals surface area contributed by atoms with Crippen LogP contribution in [0, 0.1) is 11.8 Å². The highest BCUT2D eigenvalue weighted by Crippen LogP contribution is 1.98. The lowest BCUT2D eigenvalue weighted by atomic mass is 10.1. The van der Waals surface area contributed by atoms with Gasteiger partial charge >= 0.3 is 0 Å². The number of rotatable bonds is 2. The maximum Gasteiger partial charge on any atom is 0.230 e. The van der Waals surface area contributed by atoms with E-state index in [1.165, 1.54) is 0 Å². The third kappa shape index (κ3) is 4.74. The lowest BCUT2D eigenvalue weighted by Gasteiger charge is -2.18. The van der Waals surface area contributed by atoms with Gasteiger partial charge in [-0.05, 0) is 20.8 Å². The Kier molecular flexibility index (Phi) is 4.06. The number of thiol groups is 1. The molecule has 0 aliphatic heterocycles. The second-order valence-corrected chi connectivity index (χ2v) is 3.02. The van der Waals surface area contributed by atoms with Gasteiger partial charge in [-0.2, -0.15) is 12.6 Å². The summed E-state index contributed by atoms with van der Waals surface area (Å²) in [5, 5.41) is 2.72. The Labute approximate surface area is 73.2 Å². The molecule has 11 heavy (non-hydrogen) atoms. The summed E-state index contributed by atoms with van der Waals surface area (Å²) in [6.45, 7) is 5.45. The van der Waals surface area contributed by atoms with Crippen LogP contribution in [-0.4, -0.2) is 17.2 Å². The van der Waals surface area contributed by atoms with E-state index in [4.69, 9.17) is 0 Å². The number of hydrogen-bond donors (Lipinski definition) is 2. The smallest absolute Gasteiger partial charge is 0.230 e. The number of amides is 1. The van der Waals surface area contributed by atoms with Crippen molar-refractivity contribution in [2.45, 2.75) is 26.3 Å². The van der Waals surface area contributed by atoms with E-state index in [2.05, 4.69) is 29.8 Å². The zero-order valence-electron chi connectivity index (χ0n) is 7.06. The summed E-state index contributed by atoms with van der Waals surface area (Å²) in [5.74, 6) is 5.73. The maximum atomic E-state index is 10.8. The van der Waals surface area contributed by atoms with E-state index in [-0.39, 0.29) is 11.7 Å². The molecule has 1 amide bonds. The van der Waals surface area contributed by atoms with Gasteiger partial charge in [-0.1, -0.05) is 5.92 Å². The molecule has 1 N–H and O–H groups in total. The summed E-state index contributed by atoms with van der Waals surface area (Å²) in [6, 6.07) is 0. The van der Waals surface area contributed by atoms with Crippen LogP contribution < -0.4 is 5.32 Å². The zero-order chi connectivity index (χ0) is 8.91. The van der Waals surface area contributed by atoms with Crippen LogP contribution in [0.2, 0.25) is 0 Å². The minimum Gasteiger partial charge on any atom is -0.340 e. The van der Waals surface area contributed by atoms with Crippen LogP contribution in [0.1, 0.15) is 20.8 Å². The molecule has 62 valence electrons. The monoisotopic (exact) mass is 171 g/mol. The van der Waals surface area contributed by atoms with Crippen molar-refractivity contribution in [1.82, 2.24) is 5.32 Å². The van der Waals surface area contributed by atoms with Crippen LogP contribution in [0.4, 0.5) is 0 Å². The molecule has 2 nitrogen and oxygen atoms in total. The van der Waals surface area contributed by atoms with E-state index in [0.29, 0.717) is 0 Å². The third-order valence-corrected chi connectivity index (χ3v) is 1.32. The minimum absolute atomic E-state index is 0.0962. The highest BCUT2D eigenvalue weighted by Gasteiger charge is 2.15. The second kappa shape index (κ2) is 4.30. The maximum absolute atomic E-state index is 10.8. The number of hydrogen-bond acceptors (Lipinski definition) is 2. The van der Waals surface area contributed by atoms with Gasteiger partial charge in [0.1, 0.15) is 0 Å². The normalized spacial score (nSPS) is 9.82. The quantitative estimate of drug-likeness (QED) is 0.468. The Morgan fingerprint density at radius 3 is 2.55 bits per heavy atom. The van der Waals surface area contributed by atoms with Crippen LogP contribution >= 0.6 is 12.6 Å². The van der Waals surface area contributed by atoms with Gasteiger partial charge in [-0.3, -0.25) is 4.79 Å². The predicted octanol–water partition coefficient (Wildman–Crippen LogP) is 0.834. The van der Waals surface area contributed by atoms with Crippen LogP contribution in [0.5, 0.6) is 0 Å². The van der Waals surface area contributed by atoms with Gasteiger partial charge in [0.15, 0.2) is 0 Å². The lowest BCUT2D eigenvalue weighted by molar-refractivity contribution is -0.119. The van der Waals surface area contributed by atoms with E-state index in [0.717, 1.165) is 0 Å². The molecule has 0 unspecified atom stereocenters. The summed E-state index contributed by atoms with van der Waals surface area (Å²) >= 11 is 3.84. The highest BCUT2D eigenvalue weighted by molar-refractivity contribution is 7.81. The molecule has 0 aliphatic carbocycles. The SMILES string of the molecule is CC#CC(C)(C)NC(=O)CS. The summed E-state index contributed by atoms with van der Waals surface area (Å²) in [4.78, 5) is 10.8. The minimum atomic E-state index is -0.436. The molecule has 0 saturated heterocycles. The van der Waals surface area contributed by atoms with Crippen LogP contribution in [0.15, 0.2) is 0 Å². The van der Waals surface area contributed by atoms with Gasteiger partial charge in [-0.25, -0.2) is 0 Å². The van der Waals surface area contributed by atoms with Gasteiger partial charge in [0.2, 0.25) is 5.91 Å². The largest absolute Gasteiger partial charge is 0.340 e. The van der Waals surface area contributed by atoms with Gasteiger partial charge in [0.25, 0.3) is 0 Å². The van der Waals surface area contributed by atoms with Crippen molar-refractivity contribution in [3.05, 3.63) is 0 Å². The van der Waals surface area contributed by atoms with E-state index >= 15 is 0 Å². The summed E-state index contributed by atoms with van der Waals surface area (Å²) in [6.07, 6.45) is 0. The summed E-state index contributed by atoms with van der Waals surface area (Å²) < 4.78 is 0. The third-order valence-electron chi connectivity index (χ3n) is 1.03. The van der Waals surface area contributed by atoms with E-state index in [1.807, 2.05) is 13.8 Å². The van der Waals surface area contributed by atoms with Crippen molar-refractivity contribution in [2.24, 2.45) is 0 Å². The number of carbonyl (C=O) groups is 1. The predicted molar refractivity (Wildman–Crippen MR) is 49.5 cm³/mol. The van der Waals surface area contributed by atoms with Crippen molar-refractivity contribution in [1.29, 1.82) is 0 Å². The van der Waals surface area contributed by atoms with Crippen molar-refractivity contribution in [2.75, 3.05) is 5.75 Å². The molecular formula is C8H13NOS. The molecule has 0 saturated carbocycles. The first-order chi connectivity index (χ1) is 5.02. The Morgan fingerprint density at radius 1 is 1.64 bits per heavy atom.